The van der Waals surface area contributed by atoms with Gasteiger partial charge in [0.05, 0.1) is 24.0 Å². The van der Waals surface area contributed by atoms with Crippen molar-refractivity contribution >= 4 is 33.5 Å². The van der Waals surface area contributed by atoms with Gasteiger partial charge in [0.1, 0.15) is 10.1 Å². The molecule has 2 rings (SSSR count). The summed E-state index contributed by atoms with van der Waals surface area (Å²) in [5.41, 5.74) is 1.12. The maximum Gasteiger partial charge on any atom is 0.128 e. The summed E-state index contributed by atoms with van der Waals surface area (Å²) in [4.78, 5) is 38.3. The Labute approximate surface area is 197 Å². The molecule has 0 aliphatic carbocycles. The van der Waals surface area contributed by atoms with E-state index >= 15 is 0 Å². The molecule has 2 aromatic heterocycles. The number of aliphatic carboxylic acids is 2. The van der Waals surface area contributed by atoms with E-state index in [4.69, 9.17) is 0 Å². The van der Waals surface area contributed by atoms with Gasteiger partial charge in [0.15, 0.2) is 0 Å². The third-order valence-corrected chi connectivity index (χ3v) is 9.06. The van der Waals surface area contributed by atoms with Crippen molar-refractivity contribution in [3.8, 4) is 0 Å². The van der Waals surface area contributed by atoms with E-state index in [-0.39, 0.29) is 11.3 Å². The lowest BCUT2D eigenvalue weighted by atomic mass is 9.71. The second-order valence-corrected chi connectivity index (χ2v) is 10.6. The molecule has 0 aliphatic heterocycles. The van der Waals surface area contributed by atoms with Crippen LogP contribution >= 0.6 is 21.6 Å². The summed E-state index contributed by atoms with van der Waals surface area (Å²) in [5.74, 6) is -3.37. The molecule has 0 saturated heterocycles. The number of hydrogen-bond donors (Lipinski definition) is 2. The van der Waals surface area contributed by atoms with Gasteiger partial charge in [-0.3, -0.25) is 0 Å². The van der Waals surface area contributed by atoms with Gasteiger partial charge in [-0.05, 0) is 45.8 Å². The van der Waals surface area contributed by atoms with Gasteiger partial charge in [-0.2, -0.15) is 0 Å². The van der Waals surface area contributed by atoms with Gasteiger partial charge in [0, 0.05) is 23.8 Å². The first-order valence-corrected chi connectivity index (χ1v) is 13.1. The van der Waals surface area contributed by atoms with Crippen LogP contribution < -0.4 is 10.2 Å². The highest BCUT2D eigenvalue weighted by molar-refractivity contribution is 8.76. The Bertz CT molecular complexity index is 894. The molecule has 0 radical (unpaired) electrons. The van der Waals surface area contributed by atoms with Crippen molar-refractivity contribution in [3.63, 3.8) is 0 Å². The first-order valence-electron chi connectivity index (χ1n) is 11.0. The molecule has 3 atom stereocenters. The molecule has 0 spiro atoms. The highest BCUT2D eigenvalue weighted by Crippen LogP contribution is 2.41. The third-order valence-electron chi connectivity index (χ3n) is 6.76. The standard InChI is InChI=1S/C22H34N4O4S2/c1-6-13(4)14(20(27)28)9-16-18(25-11-23-16)31-32-19-17(24-12-26-19)10-15(21(29)30)22(5,7-2)8-3/h11-15H,6-10H2,1-5H3,(H,23,25)(H,24,26)(H,27,28)(H,29,30)/p-2/t13?,14-,15+/m1/s1. The van der Waals surface area contributed by atoms with E-state index in [1.807, 2.05) is 34.6 Å². The fourth-order valence-electron chi connectivity index (χ4n) is 3.71. The van der Waals surface area contributed by atoms with E-state index in [9.17, 15) is 19.8 Å². The Balaban J connectivity index is 2.13. The molecule has 0 bridgehead atoms. The fourth-order valence-corrected chi connectivity index (χ4v) is 5.88. The van der Waals surface area contributed by atoms with Gasteiger partial charge >= 0.3 is 0 Å². The largest absolute Gasteiger partial charge is 0.550 e. The van der Waals surface area contributed by atoms with Crippen LogP contribution in [-0.4, -0.2) is 31.9 Å². The van der Waals surface area contributed by atoms with Crippen molar-refractivity contribution in [1.82, 2.24) is 19.9 Å². The molecule has 0 saturated carbocycles. The highest BCUT2D eigenvalue weighted by atomic mass is 33.1. The molecule has 0 aromatic carbocycles. The molecular weight excluding hydrogens is 448 g/mol. The van der Waals surface area contributed by atoms with E-state index < -0.39 is 23.8 Å². The van der Waals surface area contributed by atoms with Gasteiger partial charge in [-0.1, -0.05) is 53.9 Å². The van der Waals surface area contributed by atoms with Gasteiger partial charge in [0.2, 0.25) is 0 Å². The maximum atomic E-state index is 11.9. The number of carbonyl (C=O) groups excluding carboxylic acids is 2. The number of aromatic nitrogens is 4. The summed E-state index contributed by atoms with van der Waals surface area (Å²) in [5, 5.41) is 24.9. The lowest BCUT2D eigenvalue weighted by Gasteiger charge is -2.37. The molecule has 2 N–H and O–H groups in total. The second-order valence-electron chi connectivity index (χ2n) is 8.49. The topological polar surface area (TPSA) is 138 Å². The average Bonchev–Trinajstić information content (AvgIpc) is 3.41. The monoisotopic (exact) mass is 480 g/mol. The number of aromatic amines is 2. The van der Waals surface area contributed by atoms with E-state index in [0.29, 0.717) is 22.9 Å². The van der Waals surface area contributed by atoms with Crippen molar-refractivity contribution in [3.05, 3.63) is 24.0 Å². The fraction of sp³-hybridized carbons (Fsp3) is 0.636. The first kappa shape index (κ1) is 26.3. The summed E-state index contributed by atoms with van der Waals surface area (Å²) >= 11 is 0. The zero-order chi connectivity index (χ0) is 23.9. The van der Waals surface area contributed by atoms with Gasteiger partial charge in [-0.15, -0.1) is 0 Å². The molecule has 0 amide bonds. The predicted molar refractivity (Wildman–Crippen MR) is 121 cm³/mol. The number of hydrogen-bond acceptors (Lipinski definition) is 8. The lowest BCUT2D eigenvalue weighted by Crippen LogP contribution is -2.42. The third kappa shape index (κ3) is 6.31. The molecule has 1 unspecified atom stereocenters. The molecule has 10 heteroatoms. The van der Waals surface area contributed by atoms with Crippen LogP contribution in [0.2, 0.25) is 0 Å². The number of carboxylic acid groups (broad SMARTS) is 2. The molecule has 8 nitrogen and oxygen atoms in total. The SMILES string of the molecule is CCC(C)[C@@H](Cc1[nH]cnc1SSc1nc[nH]c1C[C@@H](C(=O)[O-])C(C)(CC)CC)C(=O)[O-]. The normalized spacial score (nSPS) is 14.8. The number of carboxylic acids is 2. The molecule has 178 valence electrons. The minimum atomic E-state index is -1.06. The van der Waals surface area contributed by atoms with Crippen LogP contribution in [0.4, 0.5) is 0 Å². The van der Waals surface area contributed by atoms with Crippen LogP contribution in [0, 0.1) is 23.2 Å². The number of carbonyl (C=O) groups is 2. The number of imidazole rings is 2. The van der Waals surface area contributed by atoms with Crippen molar-refractivity contribution in [2.45, 2.75) is 76.8 Å². The Hall–Kier alpha value is -1.94. The zero-order valence-electron chi connectivity index (χ0n) is 19.3. The van der Waals surface area contributed by atoms with E-state index in [0.717, 1.165) is 30.7 Å². The second kappa shape index (κ2) is 11.8. The Kier molecular flexibility index (Phi) is 9.69. The molecular formula is C22H32N4O4S2-2. The quantitative estimate of drug-likeness (QED) is 0.394. The maximum absolute atomic E-state index is 11.9. The van der Waals surface area contributed by atoms with E-state index in [2.05, 4.69) is 19.9 Å². The highest BCUT2D eigenvalue weighted by Gasteiger charge is 2.33. The average molecular weight is 481 g/mol. The Morgan fingerprint density at radius 3 is 1.88 bits per heavy atom. The minimum absolute atomic E-state index is 0.0141. The van der Waals surface area contributed by atoms with Crippen LogP contribution in [0.25, 0.3) is 0 Å². The van der Waals surface area contributed by atoms with Crippen LogP contribution in [-0.2, 0) is 22.4 Å². The number of H-pyrrole nitrogens is 2. The Morgan fingerprint density at radius 1 is 0.969 bits per heavy atom. The van der Waals surface area contributed by atoms with Crippen LogP contribution in [0.5, 0.6) is 0 Å². The van der Waals surface area contributed by atoms with Crippen molar-refractivity contribution < 1.29 is 19.8 Å². The predicted octanol–water partition coefficient (Wildman–Crippen LogP) is 2.62. The van der Waals surface area contributed by atoms with Gasteiger partial charge in [-0.25, -0.2) is 9.97 Å². The van der Waals surface area contributed by atoms with Crippen molar-refractivity contribution in [2.24, 2.45) is 23.2 Å². The summed E-state index contributed by atoms with van der Waals surface area (Å²) < 4.78 is 0. The molecule has 2 heterocycles. The smallest absolute Gasteiger partial charge is 0.128 e. The van der Waals surface area contributed by atoms with Crippen molar-refractivity contribution in [2.75, 3.05) is 0 Å². The van der Waals surface area contributed by atoms with Crippen molar-refractivity contribution in [1.29, 1.82) is 0 Å². The van der Waals surface area contributed by atoms with E-state index in [1.54, 1.807) is 12.7 Å². The number of rotatable bonds is 14. The van der Waals surface area contributed by atoms with Gasteiger partial charge in [0.25, 0.3) is 0 Å². The molecule has 32 heavy (non-hydrogen) atoms. The van der Waals surface area contributed by atoms with Gasteiger partial charge < -0.3 is 29.8 Å². The Morgan fingerprint density at radius 2 is 1.47 bits per heavy atom. The number of nitrogens with one attached hydrogen (secondary N) is 2. The van der Waals surface area contributed by atoms with Crippen LogP contribution in [0.1, 0.15) is 65.3 Å². The minimum Gasteiger partial charge on any atom is -0.550 e. The van der Waals surface area contributed by atoms with E-state index in [1.165, 1.54) is 21.6 Å². The molecule has 0 aliphatic rings. The summed E-state index contributed by atoms with van der Waals surface area (Å²) in [7, 11) is 2.74. The first-order chi connectivity index (χ1) is 15.2. The summed E-state index contributed by atoms with van der Waals surface area (Å²) in [6, 6.07) is 0. The zero-order valence-corrected chi connectivity index (χ0v) is 20.9. The summed E-state index contributed by atoms with van der Waals surface area (Å²) in [6.45, 7) is 9.84. The van der Waals surface area contributed by atoms with Crippen LogP contribution in [0.3, 0.4) is 0 Å². The molecule has 2 aromatic rings. The van der Waals surface area contributed by atoms with Crippen LogP contribution in [0.15, 0.2) is 22.7 Å². The molecule has 0 fully saturated rings. The number of nitrogens with zero attached hydrogens (tertiary/aromatic N) is 2. The summed E-state index contributed by atoms with van der Waals surface area (Å²) in [6.07, 6.45) is 5.94. The lowest BCUT2D eigenvalue weighted by molar-refractivity contribution is -0.316.